The van der Waals surface area contributed by atoms with Crippen LogP contribution in [0.25, 0.3) is 10.9 Å². The van der Waals surface area contributed by atoms with Crippen LogP contribution in [0.5, 0.6) is 0 Å². The zero-order chi connectivity index (χ0) is 20.7. The normalized spacial score (nSPS) is 15.8. The van der Waals surface area contributed by atoms with Crippen LogP contribution in [0.15, 0.2) is 65.3 Å². The van der Waals surface area contributed by atoms with Crippen LogP contribution in [0, 0.1) is 23.3 Å². The highest BCUT2D eigenvalue weighted by Crippen LogP contribution is 2.34. The number of allylic oxidation sites excluding steroid dienone is 6. The van der Waals surface area contributed by atoms with Crippen molar-refractivity contribution in [3.8, 4) is 6.07 Å². The molecule has 1 aliphatic rings. The van der Waals surface area contributed by atoms with Gasteiger partial charge in [0.2, 0.25) is 0 Å². The number of nitriles is 1. The lowest BCUT2D eigenvalue weighted by molar-refractivity contribution is 0.241. The molecule has 0 saturated carbocycles. The van der Waals surface area contributed by atoms with Gasteiger partial charge in [0.05, 0.1) is 18.9 Å². The largest absolute Gasteiger partial charge is 0.468 e. The maximum absolute atomic E-state index is 9.35. The van der Waals surface area contributed by atoms with Gasteiger partial charge in [0, 0.05) is 35.3 Å². The first-order valence-electron chi connectivity index (χ1n) is 9.48. The summed E-state index contributed by atoms with van der Waals surface area (Å²) < 4.78 is 5.79. The van der Waals surface area contributed by atoms with E-state index in [2.05, 4.69) is 47.9 Å². The van der Waals surface area contributed by atoms with Gasteiger partial charge in [-0.15, -0.1) is 0 Å². The average molecular weight is 374 g/mol. The molecule has 28 heavy (non-hydrogen) atoms. The molecule has 0 bridgehead atoms. The van der Waals surface area contributed by atoms with Crippen molar-refractivity contribution >= 4 is 11.8 Å². The van der Waals surface area contributed by atoms with E-state index in [9.17, 15) is 5.26 Å². The topological polar surface area (TPSA) is 40.6 Å². The van der Waals surface area contributed by atoms with E-state index in [1.807, 2.05) is 39.0 Å². The summed E-state index contributed by atoms with van der Waals surface area (Å²) in [7, 11) is 0. The Hall–Kier alpha value is -3.24. The van der Waals surface area contributed by atoms with Crippen LogP contribution in [0.1, 0.15) is 40.2 Å². The van der Waals surface area contributed by atoms with Gasteiger partial charge in [-0.25, -0.2) is 10.1 Å². The number of benzene rings is 1. The summed E-state index contributed by atoms with van der Waals surface area (Å²) in [6.07, 6.45) is 7.29. The monoisotopic (exact) mass is 373 g/mol. The van der Waals surface area contributed by atoms with E-state index < -0.39 is 0 Å². The number of hydrogen-bond donors (Lipinski definition) is 0. The summed E-state index contributed by atoms with van der Waals surface area (Å²) in [5.74, 6) is 0.736. The van der Waals surface area contributed by atoms with Crippen LogP contribution in [0.3, 0.4) is 0 Å². The van der Waals surface area contributed by atoms with Gasteiger partial charge in [0.15, 0.2) is 0 Å². The molecule has 144 valence electrons. The zero-order valence-corrected chi connectivity index (χ0v) is 17.3. The highest BCUT2D eigenvalue weighted by Gasteiger charge is 2.24. The molecule has 0 saturated heterocycles. The van der Waals surface area contributed by atoms with Crippen LogP contribution in [0.2, 0.25) is 0 Å². The molecule has 0 aliphatic carbocycles. The van der Waals surface area contributed by atoms with Gasteiger partial charge in [0.1, 0.15) is 5.76 Å². The molecule has 0 fully saturated rings. The molecule has 2 rings (SSSR count). The van der Waals surface area contributed by atoms with Gasteiger partial charge in [0.25, 0.3) is 5.70 Å². The van der Waals surface area contributed by atoms with E-state index >= 15 is 0 Å². The van der Waals surface area contributed by atoms with Gasteiger partial charge < -0.3 is 9.64 Å². The van der Waals surface area contributed by atoms with Gasteiger partial charge in [-0.05, 0) is 37.6 Å². The standard InChI is InChI=1S/C24H27N3O/c1-7-27(8-2)20-13-10-18(11-14-20)9-12-19-17-28-23(24(3,4)5)15-21(19)22(16-25)26-6/h9-15,17H,7-8H2,1-5H3/b12-9+,22-21-. The maximum Gasteiger partial charge on any atom is 0.269 e. The van der Waals surface area contributed by atoms with Gasteiger partial charge >= 0.3 is 0 Å². The second-order valence-corrected chi connectivity index (χ2v) is 7.53. The van der Waals surface area contributed by atoms with E-state index in [1.165, 1.54) is 5.69 Å². The Kier molecular flexibility index (Phi) is 6.85. The van der Waals surface area contributed by atoms with Crippen molar-refractivity contribution in [1.29, 1.82) is 5.26 Å². The second kappa shape index (κ2) is 9.11. The van der Waals surface area contributed by atoms with Crippen LogP contribution >= 0.6 is 0 Å². The number of nitrogens with zero attached hydrogens (tertiary/aromatic N) is 3. The zero-order valence-electron chi connectivity index (χ0n) is 17.3. The first-order valence-corrected chi connectivity index (χ1v) is 9.48. The highest BCUT2D eigenvalue weighted by molar-refractivity contribution is 5.64. The fourth-order valence-electron chi connectivity index (χ4n) is 2.88. The maximum atomic E-state index is 9.35. The molecule has 1 aromatic carbocycles. The molecular weight excluding hydrogens is 346 g/mol. The lowest BCUT2D eigenvalue weighted by Crippen LogP contribution is -2.21. The smallest absolute Gasteiger partial charge is 0.269 e. The molecule has 1 aliphatic heterocycles. The predicted molar refractivity (Wildman–Crippen MR) is 115 cm³/mol. The molecular formula is C24H27N3O. The van der Waals surface area contributed by atoms with Crippen LogP contribution in [-0.2, 0) is 4.74 Å². The lowest BCUT2D eigenvalue weighted by atomic mass is 9.89. The quantitative estimate of drug-likeness (QED) is 0.463. The van der Waals surface area contributed by atoms with Crippen molar-refractivity contribution in [3.63, 3.8) is 0 Å². The summed E-state index contributed by atoms with van der Waals surface area (Å²) in [6, 6.07) is 10.3. The summed E-state index contributed by atoms with van der Waals surface area (Å²) in [5, 5.41) is 9.35. The fraction of sp³-hybridized carbons (Fsp3) is 0.333. The Morgan fingerprint density at radius 2 is 1.82 bits per heavy atom. The molecule has 4 nitrogen and oxygen atoms in total. The molecule has 0 radical (unpaired) electrons. The van der Waals surface area contributed by atoms with Crippen molar-refractivity contribution in [2.75, 3.05) is 18.0 Å². The molecule has 1 heterocycles. The van der Waals surface area contributed by atoms with E-state index in [-0.39, 0.29) is 11.1 Å². The molecule has 0 amide bonds. The Balaban J connectivity index is 2.32. The van der Waals surface area contributed by atoms with Gasteiger partial charge in [-0.3, -0.25) is 0 Å². The van der Waals surface area contributed by atoms with E-state index in [4.69, 9.17) is 11.3 Å². The Morgan fingerprint density at radius 3 is 2.32 bits per heavy atom. The van der Waals surface area contributed by atoms with Crippen LogP contribution < -0.4 is 4.90 Å². The molecule has 0 aromatic heterocycles. The van der Waals surface area contributed by atoms with E-state index in [0.29, 0.717) is 11.1 Å². The highest BCUT2D eigenvalue weighted by atomic mass is 16.5. The number of rotatable bonds is 5. The average Bonchev–Trinajstić information content (AvgIpc) is 2.69. The Labute approximate surface area is 168 Å². The van der Waals surface area contributed by atoms with Crippen molar-refractivity contribution < 1.29 is 4.74 Å². The van der Waals surface area contributed by atoms with Gasteiger partial charge in [-0.2, -0.15) is 0 Å². The molecule has 0 atom stereocenters. The second-order valence-electron chi connectivity index (χ2n) is 7.53. The minimum absolute atomic E-state index is 0.0674. The predicted octanol–water partition coefficient (Wildman–Crippen LogP) is 6.09. The summed E-state index contributed by atoms with van der Waals surface area (Å²) >= 11 is 0. The first-order chi connectivity index (χ1) is 13.3. The van der Waals surface area contributed by atoms with Crippen LogP contribution in [-0.4, -0.2) is 13.1 Å². The van der Waals surface area contributed by atoms with Crippen molar-refractivity contribution in [2.24, 2.45) is 5.41 Å². The molecule has 1 aromatic rings. The third-order valence-electron chi connectivity index (χ3n) is 4.59. The Bertz CT molecular complexity index is 891. The van der Waals surface area contributed by atoms with E-state index in [0.717, 1.165) is 24.4 Å². The van der Waals surface area contributed by atoms with Crippen molar-refractivity contribution in [1.82, 2.24) is 0 Å². The third kappa shape index (κ3) is 4.93. The van der Waals surface area contributed by atoms with Crippen molar-refractivity contribution in [2.45, 2.75) is 34.6 Å². The van der Waals surface area contributed by atoms with E-state index in [1.54, 1.807) is 12.3 Å². The fourth-order valence-corrected chi connectivity index (χ4v) is 2.88. The van der Waals surface area contributed by atoms with Crippen LogP contribution in [0.4, 0.5) is 5.69 Å². The number of anilines is 1. The Morgan fingerprint density at radius 1 is 1.18 bits per heavy atom. The third-order valence-corrected chi connectivity index (χ3v) is 4.59. The van der Waals surface area contributed by atoms with Gasteiger partial charge in [-0.1, -0.05) is 45.1 Å². The minimum atomic E-state index is -0.208. The minimum Gasteiger partial charge on any atom is -0.468 e. The number of ether oxygens (including phenoxy) is 1. The lowest BCUT2D eigenvalue weighted by Gasteiger charge is -2.25. The molecule has 0 unspecified atom stereocenters. The summed E-state index contributed by atoms with van der Waals surface area (Å²) in [6.45, 7) is 19.7. The SMILES string of the molecule is [C-]#[N+]/C(C#N)=C1/C=C(C(C)(C)C)OC=C1/C=C/c1ccc(N(CC)CC)cc1. The molecule has 0 spiro atoms. The summed E-state index contributed by atoms with van der Waals surface area (Å²) in [4.78, 5) is 5.68. The number of hydrogen-bond acceptors (Lipinski definition) is 3. The first kappa shape index (κ1) is 21.1. The van der Waals surface area contributed by atoms with Crippen molar-refractivity contribution in [3.05, 3.63) is 82.3 Å². The molecule has 0 N–H and O–H groups in total. The molecule has 4 heteroatoms. The summed E-state index contributed by atoms with van der Waals surface area (Å²) in [5.41, 5.74) is 3.42.